The van der Waals surface area contributed by atoms with Crippen LogP contribution >= 0.6 is 0 Å². The van der Waals surface area contributed by atoms with Gasteiger partial charge in [0.25, 0.3) is 11.7 Å². The summed E-state index contributed by atoms with van der Waals surface area (Å²) in [5.41, 5.74) is 2.23. The van der Waals surface area contributed by atoms with E-state index in [-0.39, 0.29) is 0 Å². The van der Waals surface area contributed by atoms with Gasteiger partial charge in [-0.05, 0) is 17.7 Å². The standard InChI is InChI=1S/C21H20N2O4/c24-20(21(25)23-8-10-26-11-9-23)18-13-22-19-12-16(6-7-17(18)19)27-14-15-4-2-1-3-5-15/h1-7,12-13,22H,8-11,14H2. The highest BCUT2D eigenvalue weighted by Gasteiger charge is 2.26. The van der Waals surface area contributed by atoms with Gasteiger partial charge < -0.3 is 19.4 Å². The topological polar surface area (TPSA) is 71.6 Å². The Morgan fingerprint density at radius 2 is 1.85 bits per heavy atom. The molecule has 6 heteroatoms. The second kappa shape index (κ2) is 7.63. The first-order valence-corrected chi connectivity index (χ1v) is 8.91. The molecule has 0 saturated carbocycles. The lowest BCUT2D eigenvalue weighted by atomic mass is 10.1. The lowest BCUT2D eigenvalue weighted by molar-refractivity contribution is -0.130. The summed E-state index contributed by atoms with van der Waals surface area (Å²) in [4.78, 5) is 29.7. The van der Waals surface area contributed by atoms with E-state index in [2.05, 4.69) is 4.98 Å². The molecule has 1 aliphatic heterocycles. The van der Waals surface area contributed by atoms with Crippen LogP contribution in [-0.2, 0) is 16.1 Å². The number of benzene rings is 2. The van der Waals surface area contributed by atoms with Crippen LogP contribution in [0.3, 0.4) is 0 Å². The van der Waals surface area contributed by atoms with Crippen LogP contribution in [0.2, 0.25) is 0 Å². The summed E-state index contributed by atoms with van der Waals surface area (Å²) in [5.74, 6) is -0.281. The van der Waals surface area contributed by atoms with E-state index in [0.29, 0.717) is 49.6 Å². The molecule has 1 N–H and O–H groups in total. The number of carbonyl (C=O) groups is 2. The number of hydrogen-bond donors (Lipinski definition) is 1. The van der Waals surface area contributed by atoms with Crippen LogP contribution in [0.25, 0.3) is 10.9 Å². The van der Waals surface area contributed by atoms with Crippen LogP contribution in [0.4, 0.5) is 0 Å². The minimum Gasteiger partial charge on any atom is -0.489 e. The first-order chi connectivity index (χ1) is 13.2. The molecular formula is C21H20N2O4. The number of amides is 1. The number of ether oxygens (including phenoxy) is 2. The van der Waals surface area contributed by atoms with Crippen molar-refractivity contribution in [1.82, 2.24) is 9.88 Å². The van der Waals surface area contributed by atoms with E-state index < -0.39 is 11.7 Å². The number of Topliss-reactive ketones (excluding diaryl/α,β-unsaturated/α-hetero) is 1. The minimum atomic E-state index is -0.499. The summed E-state index contributed by atoms with van der Waals surface area (Å²) in [6, 6.07) is 15.4. The molecule has 138 valence electrons. The van der Waals surface area contributed by atoms with E-state index in [0.717, 1.165) is 11.1 Å². The average Bonchev–Trinajstić information content (AvgIpc) is 3.16. The molecule has 1 aliphatic rings. The maximum Gasteiger partial charge on any atom is 0.295 e. The van der Waals surface area contributed by atoms with Crippen molar-refractivity contribution < 1.29 is 19.1 Å². The van der Waals surface area contributed by atoms with Crippen LogP contribution in [0.15, 0.2) is 54.7 Å². The number of H-pyrrole nitrogens is 1. The molecule has 1 amide bonds. The van der Waals surface area contributed by atoms with Gasteiger partial charge in [-0.2, -0.15) is 0 Å². The summed E-state index contributed by atoms with van der Waals surface area (Å²) in [5, 5.41) is 0.716. The fraction of sp³-hybridized carbons (Fsp3) is 0.238. The highest BCUT2D eigenvalue weighted by atomic mass is 16.5. The minimum absolute atomic E-state index is 0.385. The maximum atomic E-state index is 12.6. The Hall–Kier alpha value is -3.12. The van der Waals surface area contributed by atoms with Crippen molar-refractivity contribution in [3.05, 3.63) is 65.9 Å². The van der Waals surface area contributed by atoms with E-state index in [9.17, 15) is 9.59 Å². The van der Waals surface area contributed by atoms with Crippen LogP contribution in [0.1, 0.15) is 15.9 Å². The zero-order valence-electron chi connectivity index (χ0n) is 14.8. The SMILES string of the molecule is O=C(C(=O)N1CCOCC1)c1c[nH]c2cc(OCc3ccccc3)ccc12. The molecule has 1 aromatic heterocycles. The molecule has 0 aliphatic carbocycles. The van der Waals surface area contributed by atoms with Gasteiger partial charge in [-0.3, -0.25) is 9.59 Å². The molecule has 0 unspecified atom stereocenters. The van der Waals surface area contributed by atoms with Crippen molar-refractivity contribution in [1.29, 1.82) is 0 Å². The van der Waals surface area contributed by atoms with E-state index in [1.54, 1.807) is 11.1 Å². The van der Waals surface area contributed by atoms with Crippen molar-refractivity contribution in [3.8, 4) is 5.75 Å². The largest absolute Gasteiger partial charge is 0.489 e. The van der Waals surface area contributed by atoms with Gasteiger partial charge in [0.1, 0.15) is 12.4 Å². The Balaban J connectivity index is 1.50. The monoisotopic (exact) mass is 364 g/mol. The summed E-state index contributed by atoms with van der Waals surface area (Å²) in [7, 11) is 0. The number of hydrogen-bond acceptors (Lipinski definition) is 4. The predicted octanol–water partition coefficient (Wildman–Crippen LogP) is 2.79. The summed E-state index contributed by atoms with van der Waals surface area (Å²) < 4.78 is 11.1. The van der Waals surface area contributed by atoms with E-state index in [1.807, 2.05) is 48.5 Å². The number of rotatable bonds is 5. The molecule has 2 heterocycles. The lowest BCUT2D eigenvalue weighted by Gasteiger charge is -2.25. The van der Waals surface area contributed by atoms with Crippen molar-refractivity contribution in [2.45, 2.75) is 6.61 Å². The van der Waals surface area contributed by atoms with Crippen LogP contribution in [0.5, 0.6) is 5.75 Å². The molecule has 0 atom stereocenters. The van der Waals surface area contributed by atoms with Crippen molar-refractivity contribution >= 4 is 22.6 Å². The number of morpholine rings is 1. The van der Waals surface area contributed by atoms with Crippen LogP contribution < -0.4 is 4.74 Å². The Morgan fingerprint density at radius 3 is 2.63 bits per heavy atom. The fourth-order valence-electron chi connectivity index (χ4n) is 3.15. The summed E-state index contributed by atoms with van der Waals surface area (Å²) in [6.45, 7) is 2.30. The third kappa shape index (κ3) is 3.71. The van der Waals surface area contributed by atoms with Crippen molar-refractivity contribution in [3.63, 3.8) is 0 Å². The van der Waals surface area contributed by atoms with Crippen LogP contribution in [-0.4, -0.2) is 47.9 Å². The molecule has 0 spiro atoms. The van der Waals surface area contributed by atoms with E-state index >= 15 is 0 Å². The molecule has 3 aromatic rings. The number of ketones is 1. The Bertz CT molecular complexity index is 959. The van der Waals surface area contributed by atoms with Crippen LogP contribution in [0, 0.1) is 0 Å². The lowest BCUT2D eigenvalue weighted by Crippen LogP contribution is -2.44. The van der Waals surface area contributed by atoms with Gasteiger partial charge in [-0.1, -0.05) is 30.3 Å². The van der Waals surface area contributed by atoms with Crippen molar-refractivity contribution in [2.75, 3.05) is 26.3 Å². The van der Waals surface area contributed by atoms with Gasteiger partial charge in [0.2, 0.25) is 0 Å². The first kappa shape index (κ1) is 17.3. The van der Waals surface area contributed by atoms with Gasteiger partial charge in [0, 0.05) is 36.3 Å². The second-order valence-electron chi connectivity index (χ2n) is 6.42. The van der Waals surface area contributed by atoms with Gasteiger partial charge in [-0.15, -0.1) is 0 Å². The van der Waals surface area contributed by atoms with E-state index in [1.165, 1.54) is 0 Å². The first-order valence-electron chi connectivity index (χ1n) is 8.91. The number of carbonyl (C=O) groups excluding carboxylic acids is 2. The van der Waals surface area contributed by atoms with Crippen molar-refractivity contribution in [2.24, 2.45) is 0 Å². The summed E-state index contributed by atoms with van der Waals surface area (Å²) in [6.07, 6.45) is 1.59. The van der Waals surface area contributed by atoms with Gasteiger partial charge >= 0.3 is 0 Å². The van der Waals surface area contributed by atoms with E-state index in [4.69, 9.17) is 9.47 Å². The molecule has 0 bridgehead atoms. The average molecular weight is 364 g/mol. The molecule has 6 nitrogen and oxygen atoms in total. The molecule has 4 rings (SSSR count). The third-order valence-corrected chi connectivity index (χ3v) is 4.64. The molecule has 1 saturated heterocycles. The zero-order chi connectivity index (χ0) is 18.6. The van der Waals surface area contributed by atoms with Gasteiger partial charge in [-0.25, -0.2) is 0 Å². The summed E-state index contributed by atoms with van der Waals surface area (Å²) >= 11 is 0. The fourth-order valence-corrected chi connectivity index (χ4v) is 3.15. The molecule has 1 fully saturated rings. The highest BCUT2D eigenvalue weighted by molar-refractivity contribution is 6.44. The second-order valence-corrected chi connectivity index (χ2v) is 6.42. The van der Waals surface area contributed by atoms with Gasteiger partial charge in [0.15, 0.2) is 0 Å². The molecule has 2 aromatic carbocycles. The Morgan fingerprint density at radius 1 is 1.07 bits per heavy atom. The van der Waals surface area contributed by atoms with Gasteiger partial charge in [0.05, 0.1) is 18.8 Å². The predicted molar refractivity (Wildman–Crippen MR) is 101 cm³/mol. The highest BCUT2D eigenvalue weighted by Crippen LogP contribution is 2.25. The smallest absolute Gasteiger partial charge is 0.295 e. The molecule has 27 heavy (non-hydrogen) atoms. The maximum absolute atomic E-state index is 12.6. The molecular weight excluding hydrogens is 344 g/mol. The molecule has 0 radical (unpaired) electrons. The Labute approximate surface area is 156 Å². The number of aromatic amines is 1. The number of nitrogens with zero attached hydrogens (tertiary/aromatic N) is 1. The zero-order valence-corrected chi connectivity index (χ0v) is 14.8. The number of nitrogens with one attached hydrogen (secondary N) is 1. The quantitative estimate of drug-likeness (QED) is 0.558. The number of aromatic nitrogens is 1. The Kier molecular flexibility index (Phi) is 4.89. The third-order valence-electron chi connectivity index (χ3n) is 4.64. The number of fused-ring (bicyclic) bond motifs is 1. The normalized spacial score (nSPS) is 14.3.